The van der Waals surface area contributed by atoms with Crippen LogP contribution in [0.1, 0.15) is 18.4 Å². The molecular weight excluding hydrogens is 286 g/mol. The van der Waals surface area contributed by atoms with Crippen molar-refractivity contribution < 1.29 is 14.7 Å². The van der Waals surface area contributed by atoms with Gasteiger partial charge in [0.1, 0.15) is 0 Å². The van der Waals surface area contributed by atoms with Gasteiger partial charge in [0, 0.05) is 6.54 Å². The standard InChI is InChI=1S/C12H16BrNO3/c1-16-11-5-9(6-14-15)4-10(13)12(11)17-7-8-2-3-8/h4-5,8,14-15H,2-3,6-7H2,1H3. The number of hydrogen-bond acceptors (Lipinski definition) is 4. The molecule has 0 aromatic heterocycles. The largest absolute Gasteiger partial charge is 0.493 e. The van der Waals surface area contributed by atoms with Gasteiger partial charge in [-0.25, -0.2) is 5.48 Å². The smallest absolute Gasteiger partial charge is 0.175 e. The van der Waals surface area contributed by atoms with Crippen LogP contribution >= 0.6 is 15.9 Å². The summed E-state index contributed by atoms with van der Waals surface area (Å²) in [5, 5.41) is 8.69. The predicted molar refractivity (Wildman–Crippen MR) is 67.5 cm³/mol. The van der Waals surface area contributed by atoms with Crippen molar-refractivity contribution in [2.75, 3.05) is 13.7 Å². The van der Waals surface area contributed by atoms with Gasteiger partial charge in [-0.15, -0.1) is 0 Å². The molecule has 5 heteroatoms. The summed E-state index contributed by atoms with van der Waals surface area (Å²) >= 11 is 3.46. The number of rotatable bonds is 6. The molecule has 0 unspecified atom stereocenters. The van der Waals surface area contributed by atoms with Crippen molar-refractivity contribution in [3.8, 4) is 11.5 Å². The fourth-order valence-electron chi connectivity index (χ4n) is 1.59. The first-order valence-corrected chi connectivity index (χ1v) is 6.40. The molecule has 1 saturated carbocycles. The zero-order valence-electron chi connectivity index (χ0n) is 9.70. The number of ether oxygens (including phenoxy) is 2. The Bertz CT molecular complexity index is 394. The van der Waals surface area contributed by atoms with E-state index in [1.165, 1.54) is 12.8 Å². The van der Waals surface area contributed by atoms with Gasteiger partial charge in [0.2, 0.25) is 0 Å². The molecule has 0 amide bonds. The molecule has 4 nitrogen and oxygen atoms in total. The number of methoxy groups -OCH3 is 1. The minimum atomic E-state index is 0.373. The van der Waals surface area contributed by atoms with E-state index < -0.39 is 0 Å². The van der Waals surface area contributed by atoms with E-state index in [1.54, 1.807) is 7.11 Å². The van der Waals surface area contributed by atoms with Crippen LogP contribution in [0, 0.1) is 5.92 Å². The second-order valence-corrected chi connectivity index (χ2v) is 5.05. The quantitative estimate of drug-likeness (QED) is 0.793. The van der Waals surface area contributed by atoms with Gasteiger partial charge in [-0.05, 0) is 52.4 Å². The van der Waals surface area contributed by atoms with E-state index in [9.17, 15) is 0 Å². The third kappa shape index (κ3) is 3.34. The lowest BCUT2D eigenvalue weighted by Gasteiger charge is -2.14. The van der Waals surface area contributed by atoms with Crippen molar-refractivity contribution in [1.29, 1.82) is 0 Å². The molecule has 1 aliphatic rings. The van der Waals surface area contributed by atoms with E-state index in [-0.39, 0.29) is 0 Å². The molecule has 1 aromatic carbocycles. The van der Waals surface area contributed by atoms with E-state index in [2.05, 4.69) is 21.4 Å². The lowest BCUT2D eigenvalue weighted by molar-refractivity contribution is 0.161. The highest BCUT2D eigenvalue weighted by atomic mass is 79.9. The highest BCUT2D eigenvalue weighted by Gasteiger charge is 2.23. The van der Waals surface area contributed by atoms with Crippen LogP contribution in [0.3, 0.4) is 0 Å². The molecule has 0 aliphatic heterocycles. The Morgan fingerprint density at radius 2 is 2.24 bits per heavy atom. The summed E-state index contributed by atoms with van der Waals surface area (Å²) in [6.45, 7) is 1.12. The van der Waals surface area contributed by atoms with Crippen LogP contribution in [-0.2, 0) is 6.54 Å². The van der Waals surface area contributed by atoms with Gasteiger partial charge in [0.15, 0.2) is 11.5 Å². The predicted octanol–water partition coefficient (Wildman–Crippen LogP) is 2.73. The number of hydrogen-bond donors (Lipinski definition) is 2. The Kier molecular flexibility index (Phi) is 4.25. The lowest BCUT2D eigenvalue weighted by atomic mass is 10.2. The molecule has 0 heterocycles. The number of nitrogens with one attached hydrogen (secondary N) is 1. The van der Waals surface area contributed by atoms with Gasteiger partial charge in [0.05, 0.1) is 18.2 Å². The Labute approximate surface area is 109 Å². The molecule has 0 saturated heterocycles. The van der Waals surface area contributed by atoms with Gasteiger partial charge in [-0.3, -0.25) is 0 Å². The van der Waals surface area contributed by atoms with Crippen LogP contribution in [-0.4, -0.2) is 18.9 Å². The summed E-state index contributed by atoms with van der Waals surface area (Å²) in [4.78, 5) is 0. The first-order chi connectivity index (χ1) is 8.24. The molecule has 2 N–H and O–H groups in total. The summed E-state index contributed by atoms with van der Waals surface area (Å²) in [5.41, 5.74) is 3.05. The van der Waals surface area contributed by atoms with Crippen LogP contribution in [0.5, 0.6) is 11.5 Å². The van der Waals surface area contributed by atoms with E-state index in [1.807, 2.05) is 12.1 Å². The minimum Gasteiger partial charge on any atom is -0.493 e. The average Bonchev–Trinajstić information content (AvgIpc) is 3.11. The van der Waals surface area contributed by atoms with Crippen molar-refractivity contribution >= 4 is 15.9 Å². The first-order valence-electron chi connectivity index (χ1n) is 5.60. The molecule has 0 bridgehead atoms. The normalized spacial score (nSPS) is 14.8. The molecule has 17 heavy (non-hydrogen) atoms. The van der Waals surface area contributed by atoms with E-state index in [4.69, 9.17) is 14.7 Å². The Balaban J connectivity index is 2.16. The molecule has 1 aromatic rings. The third-order valence-electron chi connectivity index (χ3n) is 2.73. The van der Waals surface area contributed by atoms with Gasteiger partial charge in [0.25, 0.3) is 0 Å². The maximum Gasteiger partial charge on any atom is 0.175 e. The average molecular weight is 302 g/mol. The fourth-order valence-corrected chi connectivity index (χ4v) is 2.20. The summed E-state index contributed by atoms with van der Waals surface area (Å²) in [6.07, 6.45) is 2.51. The number of hydroxylamine groups is 1. The van der Waals surface area contributed by atoms with Gasteiger partial charge >= 0.3 is 0 Å². The van der Waals surface area contributed by atoms with Crippen molar-refractivity contribution in [3.63, 3.8) is 0 Å². The van der Waals surface area contributed by atoms with Gasteiger partial charge in [-0.1, -0.05) is 0 Å². The maximum atomic E-state index is 8.69. The van der Waals surface area contributed by atoms with E-state index in [0.29, 0.717) is 18.2 Å². The Morgan fingerprint density at radius 1 is 1.47 bits per heavy atom. The summed E-state index contributed by atoms with van der Waals surface area (Å²) in [6, 6.07) is 3.77. The van der Waals surface area contributed by atoms with E-state index >= 15 is 0 Å². The highest BCUT2D eigenvalue weighted by molar-refractivity contribution is 9.10. The third-order valence-corrected chi connectivity index (χ3v) is 3.32. The van der Waals surface area contributed by atoms with Crippen molar-refractivity contribution in [3.05, 3.63) is 22.2 Å². The molecule has 0 spiro atoms. The van der Waals surface area contributed by atoms with Crippen molar-refractivity contribution in [2.45, 2.75) is 19.4 Å². The minimum absolute atomic E-state index is 0.373. The summed E-state index contributed by atoms with van der Waals surface area (Å²) in [5.74, 6) is 2.12. The monoisotopic (exact) mass is 301 g/mol. The summed E-state index contributed by atoms with van der Waals surface area (Å²) in [7, 11) is 1.61. The summed E-state index contributed by atoms with van der Waals surface area (Å²) < 4.78 is 11.9. The molecule has 1 aliphatic carbocycles. The highest BCUT2D eigenvalue weighted by Crippen LogP contribution is 2.38. The van der Waals surface area contributed by atoms with Gasteiger partial charge < -0.3 is 14.7 Å². The van der Waals surface area contributed by atoms with Crippen LogP contribution < -0.4 is 15.0 Å². The number of halogens is 1. The van der Waals surface area contributed by atoms with Crippen LogP contribution in [0.15, 0.2) is 16.6 Å². The SMILES string of the molecule is COc1cc(CNO)cc(Br)c1OCC1CC1. The van der Waals surface area contributed by atoms with Gasteiger partial charge in [-0.2, -0.15) is 0 Å². The molecule has 1 fully saturated rings. The van der Waals surface area contributed by atoms with Crippen molar-refractivity contribution in [2.24, 2.45) is 5.92 Å². The molecule has 94 valence electrons. The zero-order chi connectivity index (χ0) is 12.3. The zero-order valence-corrected chi connectivity index (χ0v) is 11.3. The topological polar surface area (TPSA) is 50.7 Å². The lowest BCUT2D eigenvalue weighted by Crippen LogP contribution is -2.07. The Morgan fingerprint density at radius 3 is 2.82 bits per heavy atom. The van der Waals surface area contributed by atoms with Crippen molar-refractivity contribution in [1.82, 2.24) is 5.48 Å². The molecule has 0 radical (unpaired) electrons. The molecular formula is C12H16BrNO3. The second-order valence-electron chi connectivity index (χ2n) is 4.20. The first kappa shape index (κ1) is 12.7. The molecule has 0 atom stereocenters. The second kappa shape index (κ2) is 5.71. The fraction of sp³-hybridized carbons (Fsp3) is 0.500. The van der Waals surface area contributed by atoms with Crippen LogP contribution in [0.4, 0.5) is 0 Å². The number of benzene rings is 1. The molecule has 2 rings (SSSR count). The Hall–Kier alpha value is -0.780. The maximum absolute atomic E-state index is 8.69. The van der Waals surface area contributed by atoms with Crippen LogP contribution in [0.2, 0.25) is 0 Å². The van der Waals surface area contributed by atoms with Crippen LogP contribution in [0.25, 0.3) is 0 Å². The van der Waals surface area contributed by atoms with E-state index in [0.717, 1.165) is 22.4 Å².